The Morgan fingerprint density at radius 1 is 1.03 bits per heavy atom. The Bertz CT molecular complexity index is 906. The average molecular weight is 410 g/mol. The minimum Gasteiger partial charge on any atom is -0.352 e. The van der Waals surface area contributed by atoms with Gasteiger partial charge >= 0.3 is 6.03 Å². The van der Waals surface area contributed by atoms with Crippen molar-refractivity contribution in [1.82, 2.24) is 15.1 Å². The molecule has 3 amide bonds. The molecule has 7 heteroatoms. The number of nitrogens with zero attached hydrogens (tertiary/aromatic N) is 2. The summed E-state index contributed by atoms with van der Waals surface area (Å²) in [6.45, 7) is 4.16. The predicted octanol–water partition coefficient (Wildman–Crippen LogP) is 3.30. The third-order valence-electron chi connectivity index (χ3n) is 5.59. The van der Waals surface area contributed by atoms with Crippen molar-refractivity contribution < 1.29 is 14.0 Å². The number of anilines is 1. The zero-order valence-electron chi connectivity index (χ0n) is 17.1. The van der Waals surface area contributed by atoms with E-state index in [1.54, 1.807) is 17.0 Å². The van der Waals surface area contributed by atoms with Gasteiger partial charge in [0.05, 0.1) is 0 Å². The van der Waals surface area contributed by atoms with Crippen molar-refractivity contribution in [2.24, 2.45) is 0 Å². The van der Waals surface area contributed by atoms with Crippen LogP contribution in [0.2, 0.25) is 0 Å². The summed E-state index contributed by atoms with van der Waals surface area (Å²) >= 11 is 0. The van der Waals surface area contributed by atoms with Gasteiger partial charge in [-0.05, 0) is 55.2 Å². The van der Waals surface area contributed by atoms with E-state index in [9.17, 15) is 14.0 Å². The number of carbonyl (C=O) groups excluding carboxylic acids is 2. The van der Waals surface area contributed by atoms with Crippen LogP contribution >= 0.6 is 0 Å². The molecular weight excluding hydrogens is 383 g/mol. The molecule has 0 bridgehead atoms. The molecule has 1 saturated heterocycles. The lowest BCUT2D eigenvalue weighted by Gasteiger charge is -2.38. The number of rotatable bonds is 5. The van der Waals surface area contributed by atoms with Crippen LogP contribution in [0.3, 0.4) is 0 Å². The van der Waals surface area contributed by atoms with E-state index in [1.807, 2.05) is 31.2 Å². The van der Waals surface area contributed by atoms with Crippen LogP contribution in [-0.2, 0) is 4.79 Å². The van der Waals surface area contributed by atoms with E-state index in [0.29, 0.717) is 26.2 Å². The first kappa shape index (κ1) is 20.3. The highest BCUT2D eigenvalue weighted by atomic mass is 19.1. The molecule has 2 aliphatic rings. The standard InChI is InChI=1S/C23H27FN4O2/c1-16-3-2-4-20(15-16)26-23(30)28-13-11-27(12-14-28)21(22(29)25-19-9-10-19)17-5-7-18(24)8-6-17/h2-8,15,19,21H,9-14H2,1H3,(H,25,29)(H,26,30). The van der Waals surface area contributed by atoms with Gasteiger partial charge in [-0.3, -0.25) is 9.69 Å². The molecule has 1 heterocycles. The SMILES string of the molecule is Cc1cccc(NC(=O)N2CCN(C(C(=O)NC3CC3)c3ccc(F)cc3)CC2)c1. The first-order valence-corrected chi connectivity index (χ1v) is 10.4. The van der Waals surface area contributed by atoms with E-state index >= 15 is 0 Å². The summed E-state index contributed by atoms with van der Waals surface area (Å²) in [6.07, 6.45) is 2.02. The lowest BCUT2D eigenvalue weighted by atomic mass is 10.0. The first-order chi connectivity index (χ1) is 14.5. The highest BCUT2D eigenvalue weighted by Gasteiger charge is 2.34. The van der Waals surface area contributed by atoms with E-state index in [2.05, 4.69) is 15.5 Å². The number of hydrogen-bond acceptors (Lipinski definition) is 3. The number of benzene rings is 2. The highest BCUT2D eigenvalue weighted by molar-refractivity contribution is 5.89. The Morgan fingerprint density at radius 2 is 1.73 bits per heavy atom. The third kappa shape index (κ3) is 4.97. The average Bonchev–Trinajstić information content (AvgIpc) is 3.54. The lowest BCUT2D eigenvalue weighted by Crippen LogP contribution is -2.53. The number of amides is 3. The second kappa shape index (κ2) is 8.83. The van der Waals surface area contributed by atoms with Gasteiger partial charge in [0.2, 0.25) is 5.91 Å². The molecule has 30 heavy (non-hydrogen) atoms. The third-order valence-corrected chi connectivity index (χ3v) is 5.59. The van der Waals surface area contributed by atoms with Crippen molar-refractivity contribution in [3.8, 4) is 0 Å². The maximum Gasteiger partial charge on any atom is 0.321 e. The molecule has 1 aliphatic heterocycles. The maximum absolute atomic E-state index is 13.4. The van der Waals surface area contributed by atoms with Gasteiger partial charge in [0.15, 0.2) is 0 Å². The van der Waals surface area contributed by atoms with Crippen molar-refractivity contribution in [2.45, 2.75) is 31.8 Å². The van der Waals surface area contributed by atoms with Gasteiger partial charge in [0.25, 0.3) is 0 Å². The Labute approximate surface area is 176 Å². The molecule has 6 nitrogen and oxygen atoms in total. The van der Waals surface area contributed by atoms with E-state index in [-0.39, 0.29) is 23.8 Å². The van der Waals surface area contributed by atoms with Crippen LogP contribution in [0.25, 0.3) is 0 Å². The molecule has 158 valence electrons. The Kier molecular flexibility index (Phi) is 5.99. The monoisotopic (exact) mass is 410 g/mol. The molecular formula is C23H27FN4O2. The molecule has 1 unspecified atom stereocenters. The van der Waals surface area contributed by atoms with Gasteiger partial charge in [-0.25, -0.2) is 9.18 Å². The molecule has 4 rings (SSSR count). The topological polar surface area (TPSA) is 64.7 Å². The zero-order chi connectivity index (χ0) is 21.1. The van der Waals surface area contributed by atoms with Gasteiger partial charge in [-0.2, -0.15) is 0 Å². The summed E-state index contributed by atoms with van der Waals surface area (Å²) < 4.78 is 13.4. The summed E-state index contributed by atoms with van der Waals surface area (Å²) in [5, 5.41) is 6.01. The summed E-state index contributed by atoms with van der Waals surface area (Å²) in [5.74, 6) is -0.375. The van der Waals surface area contributed by atoms with Gasteiger partial charge in [0.1, 0.15) is 11.9 Å². The van der Waals surface area contributed by atoms with Crippen LogP contribution in [-0.4, -0.2) is 54.0 Å². The molecule has 1 atom stereocenters. The molecule has 1 aliphatic carbocycles. The minimum atomic E-state index is -0.479. The quantitative estimate of drug-likeness (QED) is 0.795. The predicted molar refractivity (Wildman–Crippen MR) is 114 cm³/mol. The Balaban J connectivity index is 1.41. The molecule has 2 aromatic rings. The fraction of sp³-hybridized carbons (Fsp3) is 0.391. The van der Waals surface area contributed by atoms with Crippen molar-refractivity contribution in [1.29, 1.82) is 0 Å². The second-order valence-corrected chi connectivity index (χ2v) is 8.06. The Hall–Kier alpha value is -2.93. The number of nitrogens with one attached hydrogen (secondary N) is 2. The van der Waals surface area contributed by atoms with Gasteiger partial charge in [-0.15, -0.1) is 0 Å². The summed E-state index contributed by atoms with van der Waals surface area (Å²) in [5.41, 5.74) is 2.63. The van der Waals surface area contributed by atoms with E-state index in [4.69, 9.17) is 0 Å². The molecule has 0 spiro atoms. The van der Waals surface area contributed by atoms with Crippen LogP contribution in [0, 0.1) is 12.7 Å². The molecule has 0 aromatic heterocycles. The molecule has 2 aromatic carbocycles. The van der Waals surface area contributed by atoms with Crippen LogP contribution in [0.4, 0.5) is 14.9 Å². The normalized spacial score (nSPS) is 18.0. The highest BCUT2D eigenvalue weighted by Crippen LogP contribution is 2.26. The molecule has 2 N–H and O–H groups in total. The van der Waals surface area contributed by atoms with Gasteiger partial charge in [-0.1, -0.05) is 24.3 Å². The maximum atomic E-state index is 13.4. The number of carbonyl (C=O) groups is 2. The van der Waals surface area contributed by atoms with Crippen molar-refractivity contribution >= 4 is 17.6 Å². The van der Waals surface area contributed by atoms with Gasteiger partial charge in [0, 0.05) is 37.9 Å². The van der Waals surface area contributed by atoms with Crippen LogP contribution < -0.4 is 10.6 Å². The summed E-state index contributed by atoms with van der Waals surface area (Å²) in [6, 6.07) is 13.4. The number of hydrogen-bond donors (Lipinski definition) is 2. The fourth-order valence-electron chi connectivity index (χ4n) is 3.79. The van der Waals surface area contributed by atoms with E-state index in [0.717, 1.165) is 29.7 Å². The van der Waals surface area contributed by atoms with Gasteiger partial charge < -0.3 is 15.5 Å². The van der Waals surface area contributed by atoms with Crippen molar-refractivity contribution in [3.63, 3.8) is 0 Å². The summed E-state index contributed by atoms with van der Waals surface area (Å²) in [7, 11) is 0. The van der Waals surface area contributed by atoms with Crippen LogP contribution in [0.5, 0.6) is 0 Å². The zero-order valence-corrected chi connectivity index (χ0v) is 17.1. The van der Waals surface area contributed by atoms with Crippen molar-refractivity contribution in [2.75, 3.05) is 31.5 Å². The summed E-state index contributed by atoms with van der Waals surface area (Å²) in [4.78, 5) is 29.4. The largest absolute Gasteiger partial charge is 0.352 e. The minimum absolute atomic E-state index is 0.0539. The fourth-order valence-corrected chi connectivity index (χ4v) is 3.79. The number of piperazine rings is 1. The first-order valence-electron chi connectivity index (χ1n) is 10.4. The smallest absolute Gasteiger partial charge is 0.321 e. The van der Waals surface area contributed by atoms with Crippen LogP contribution in [0.1, 0.15) is 30.0 Å². The van der Waals surface area contributed by atoms with Crippen molar-refractivity contribution in [3.05, 3.63) is 65.5 Å². The molecule has 0 radical (unpaired) electrons. The van der Waals surface area contributed by atoms with Crippen LogP contribution in [0.15, 0.2) is 48.5 Å². The molecule has 2 fully saturated rings. The van der Waals surface area contributed by atoms with E-state index < -0.39 is 6.04 Å². The van der Waals surface area contributed by atoms with E-state index in [1.165, 1.54) is 12.1 Å². The number of urea groups is 1. The second-order valence-electron chi connectivity index (χ2n) is 8.06. The number of aryl methyl sites for hydroxylation is 1. The molecule has 1 saturated carbocycles. The Morgan fingerprint density at radius 3 is 2.37 bits per heavy atom. The lowest BCUT2D eigenvalue weighted by molar-refractivity contribution is -0.127. The number of halogens is 1.